The third-order valence-corrected chi connectivity index (χ3v) is 9.42. The fourth-order valence-electron chi connectivity index (χ4n) is 5.37. The molecule has 2 aliphatic heterocycles. The lowest BCUT2D eigenvalue weighted by Gasteiger charge is -2.59. The minimum absolute atomic E-state index is 0.0520. The molecule has 0 unspecified atom stereocenters. The van der Waals surface area contributed by atoms with Crippen molar-refractivity contribution < 1.29 is 21.9 Å². The number of sulfonamides is 1. The molecule has 0 radical (unpaired) electrons. The highest BCUT2D eigenvalue weighted by molar-refractivity contribution is 7.88. The number of hydrogen-bond acceptors (Lipinski definition) is 7. The van der Waals surface area contributed by atoms with Gasteiger partial charge < -0.3 is 9.64 Å². The predicted molar refractivity (Wildman–Crippen MR) is 148 cm³/mol. The molecule has 1 N–H and O–H groups in total. The molecule has 2 aliphatic rings. The molecule has 0 bridgehead atoms. The van der Waals surface area contributed by atoms with Crippen molar-refractivity contribution in [1.29, 1.82) is 0 Å². The van der Waals surface area contributed by atoms with Gasteiger partial charge in [-0.05, 0) is 26.0 Å². The van der Waals surface area contributed by atoms with E-state index in [0.29, 0.717) is 69.6 Å². The largest absolute Gasteiger partial charge is 0.483 e. The van der Waals surface area contributed by atoms with Crippen molar-refractivity contribution in [1.82, 2.24) is 24.5 Å². The number of anilines is 1. The molecule has 1 spiro atoms. The Balaban J connectivity index is 1.24. The lowest BCUT2D eigenvalue weighted by Crippen LogP contribution is -2.73. The molecule has 2 saturated heterocycles. The normalized spacial score (nSPS) is 17.6. The number of H-pyrrole nitrogens is 1. The molecule has 1 aromatic carbocycles. The molecule has 6 rings (SSSR count). The van der Waals surface area contributed by atoms with Crippen molar-refractivity contribution in [3.8, 4) is 17.0 Å². The van der Waals surface area contributed by atoms with Crippen molar-refractivity contribution in [2.75, 3.05) is 37.3 Å². The number of fused-ring (bicyclic) bond motifs is 1. The summed E-state index contributed by atoms with van der Waals surface area (Å²) in [6.07, 6.45) is 3.47. The molecule has 4 aromatic rings. The number of aromatic nitrogens is 4. The Bertz CT molecular complexity index is 1770. The van der Waals surface area contributed by atoms with Gasteiger partial charge in [0.05, 0.1) is 27.5 Å². The number of aromatic amines is 1. The maximum Gasteiger partial charge on any atom is 0.211 e. The summed E-state index contributed by atoms with van der Waals surface area (Å²) >= 11 is 12.7. The van der Waals surface area contributed by atoms with Crippen molar-refractivity contribution in [3.63, 3.8) is 0 Å². The van der Waals surface area contributed by atoms with Gasteiger partial charge in [0, 0.05) is 66.6 Å². The van der Waals surface area contributed by atoms with Crippen LogP contribution >= 0.6 is 23.2 Å². The molecule has 9 nitrogen and oxygen atoms in total. The summed E-state index contributed by atoms with van der Waals surface area (Å²) in [5.41, 5.74) is 2.08. The van der Waals surface area contributed by atoms with E-state index in [1.807, 2.05) is 0 Å². The lowest BCUT2D eigenvalue weighted by atomic mass is 9.74. The van der Waals surface area contributed by atoms with Crippen molar-refractivity contribution in [3.05, 3.63) is 63.5 Å². The van der Waals surface area contributed by atoms with Crippen LogP contribution in [-0.4, -0.2) is 65.3 Å². The van der Waals surface area contributed by atoms with Gasteiger partial charge in [-0.3, -0.25) is 10.1 Å². The summed E-state index contributed by atoms with van der Waals surface area (Å²) in [5, 5.41) is 8.20. The fraction of sp³-hybridized carbons (Fsp3) is 0.346. The average molecular weight is 609 g/mol. The van der Waals surface area contributed by atoms with E-state index >= 15 is 4.39 Å². The maximum absolute atomic E-state index is 15.2. The number of ether oxygens (including phenoxy) is 1. The molecule has 0 amide bonds. The van der Waals surface area contributed by atoms with Gasteiger partial charge in [0.25, 0.3) is 0 Å². The first-order valence-electron chi connectivity index (χ1n) is 12.4. The Kier molecular flexibility index (Phi) is 6.45. The summed E-state index contributed by atoms with van der Waals surface area (Å²) in [7, 11) is -3.22. The molecule has 0 saturated carbocycles. The van der Waals surface area contributed by atoms with Crippen LogP contribution in [-0.2, 0) is 10.0 Å². The number of benzene rings is 1. The number of halogens is 4. The number of nitrogens with one attached hydrogen (secondary N) is 1. The van der Waals surface area contributed by atoms with Crippen molar-refractivity contribution in [2.24, 2.45) is 5.41 Å². The molecular formula is C26H24Cl2F2N6O3S. The Morgan fingerprint density at radius 3 is 2.48 bits per heavy atom. The molecule has 3 aromatic heterocycles. The molecule has 14 heteroatoms. The van der Waals surface area contributed by atoms with Crippen molar-refractivity contribution >= 4 is 49.9 Å². The maximum atomic E-state index is 15.2. The number of aryl methyl sites for hydroxylation is 1. The number of nitrogens with zero attached hydrogens (tertiary/aromatic N) is 5. The number of pyridine rings is 2. The van der Waals surface area contributed by atoms with E-state index in [1.54, 1.807) is 18.7 Å². The van der Waals surface area contributed by atoms with Gasteiger partial charge in [-0.15, -0.1) is 0 Å². The standard InChI is InChI=1S/C26H24Cl2F2N6O3S/c1-13-23(28)22(17(27)8-31-13)14(2)39-21-5-16-20(6-18(21)29)33-34-24(16)15-4-19(30)25(32-7-15)35-9-26(10-35)11-36(12-26)40(3,37)38/h4-8,14H,9-12H2,1-3H3,(H,33,34)/t14-/m1/s1. The summed E-state index contributed by atoms with van der Waals surface area (Å²) in [6.45, 7) is 5.35. The summed E-state index contributed by atoms with van der Waals surface area (Å²) in [6, 6.07) is 4.08. The highest BCUT2D eigenvalue weighted by atomic mass is 35.5. The van der Waals surface area contributed by atoms with Crippen LogP contribution in [0.1, 0.15) is 24.3 Å². The Hall–Kier alpha value is -3.06. The Morgan fingerprint density at radius 2 is 1.80 bits per heavy atom. The highest BCUT2D eigenvalue weighted by Crippen LogP contribution is 2.43. The summed E-state index contributed by atoms with van der Waals surface area (Å²) < 4.78 is 60.9. The van der Waals surface area contributed by atoms with E-state index < -0.39 is 27.8 Å². The first-order chi connectivity index (χ1) is 18.8. The van der Waals surface area contributed by atoms with Crippen LogP contribution in [0.25, 0.3) is 22.2 Å². The zero-order chi connectivity index (χ0) is 28.6. The quantitative estimate of drug-likeness (QED) is 0.323. The second kappa shape index (κ2) is 9.51. The van der Waals surface area contributed by atoms with Crippen LogP contribution in [0, 0.1) is 24.0 Å². The van der Waals surface area contributed by atoms with E-state index in [9.17, 15) is 12.8 Å². The highest BCUT2D eigenvalue weighted by Gasteiger charge is 2.55. The zero-order valence-corrected chi connectivity index (χ0v) is 24.0. The number of hydrogen-bond donors (Lipinski definition) is 1. The van der Waals surface area contributed by atoms with Gasteiger partial charge >= 0.3 is 0 Å². The summed E-state index contributed by atoms with van der Waals surface area (Å²) in [4.78, 5) is 10.2. The van der Waals surface area contributed by atoms with Gasteiger partial charge in [-0.1, -0.05) is 23.2 Å². The lowest BCUT2D eigenvalue weighted by molar-refractivity contribution is 0.0390. The van der Waals surface area contributed by atoms with E-state index in [4.69, 9.17) is 27.9 Å². The van der Waals surface area contributed by atoms with E-state index in [-0.39, 0.29) is 17.0 Å². The first-order valence-corrected chi connectivity index (χ1v) is 15.0. The van der Waals surface area contributed by atoms with Gasteiger partial charge in [0.15, 0.2) is 23.2 Å². The minimum Gasteiger partial charge on any atom is -0.483 e. The smallest absolute Gasteiger partial charge is 0.211 e. The van der Waals surface area contributed by atoms with Crippen LogP contribution in [0.15, 0.2) is 30.6 Å². The third kappa shape index (κ3) is 4.56. The second-order valence-corrected chi connectivity index (χ2v) is 13.3. The Morgan fingerprint density at radius 1 is 1.07 bits per heavy atom. The SMILES string of the molecule is Cc1ncc(Cl)c([C@@H](C)Oc2cc3c(-c4cnc(N5CC6(C5)CN(S(C)(=O)=O)C6)c(F)c4)n[nH]c3cc2F)c1Cl. The average Bonchev–Trinajstić information content (AvgIpc) is 3.22. The molecule has 40 heavy (non-hydrogen) atoms. The van der Waals surface area contributed by atoms with Gasteiger partial charge in [-0.25, -0.2) is 26.5 Å². The molecule has 2 fully saturated rings. The van der Waals surface area contributed by atoms with Crippen LogP contribution in [0.5, 0.6) is 5.75 Å². The monoisotopic (exact) mass is 608 g/mol. The first kappa shape index (κ1) is 27.1. The zero-order valence-electron chi connectivity index (χ0n) is 21.7. The van der Waals surface area contributed by atoms with Crippen LogP contribution in [0.4, 0.5) is 14.6 Å². The summed E-state index contributed by atoms with van der Waals surface area (Å²) in [5.74, 6) is -1.02. The predicted octanol–water partition coefficient (Wildman–Crippen LogP) is 5.13. The van der Waals surface area contributed by atoms with E-state index in [1.165, 1.54) is 41.2 Å². The minimum atomic E-state index is -3.22. The van der Waals surface area contributed by atoms with E-state index in [2.05, 4.69) is 20.2 Å². The number of rotatable bonds is 6. The molecule has 210 valence electrons. The molecule has 5 heterocycles. The van der Waals surface area contributed by atoms with Crippen LogP contribution in [0.2, 0.25) is 10.0 Å². The Labute approximate surface area is 239 Å². The molecule has 0 aliphatic carbocycles. The van der Waals surface area contributed by atoms with Crippen molar-refractivity contribution in [2.45, 2.75) is 20.0 Å². The second-order valence-electron chi connectivity index (χ2n) is 10.5. The van der Waals surface area contributed by atoms with Gasteiger partial charge in [0.2, 0.25) is 10.0 Å². The van der Waals surface area contributed by atoms with Crippen LogP contribution < -0.4 is 9.64 Å². The van der Waals surface area contributed by atoms with E-state index in [0.717, 1.165) is 0 Å². The topological polar surface area (TPSA) is 104 Å². The van der Waals surface area contributed by atoms with Gasteiger partial charge in [-0.2, -0.15) is 5.10 Å². The fourth-order valence-corrected chi connectivity index (χ4v) is 7.04. The van der Waals surface area contributed by atoms with Gasteiger partial charge in [0.1, 0.15) is 11.8 Å². The van der Waals surface area contributed by atoms with Crippen LogP contribution in [0.3, 0.4) is 0 Å². The molecule has 1 atom stereocenters. The third-order valence-electron chi connectivity index (χ3n) is 7.45. The molecular weight excluding hydrogens is 585 g/mol.